The number of nitrogens with zero attached hydrogens (tertiary/aromatic N) is 1. The molecule has 1 aromatic carbocycles. The van der Waals surface area contributed by atoms with Gasteiger partial charge in [-0.05, 0) is 30.4 Å². The molecule has 1 aromatic heterocycles. The molecule has 0 saturated carbocycles. The Morgan fingerprint density at radius 2 is 1.85 bits per heavy atom. The molecule has 20 heavy (non-hydrogen) atoms. The van der Waals surface area contributed by atoms with Gasteiger partial charge in [-0.15, -0.1) is 11.8 Å². The van der Waals surface area contributed by atoms with Gasteiger partial charge in [0.2, 0.25) is 0 Å². The van der Waals surface area contributed by atoms with Crippen LogP contribution >= 0.6 is 11.8 Å². The average Bonchev–Trinajstić information content (AvgIpc) is 2.72. The fourth-order valence-electron chi connectivity index (χ4n) is 2.77. The zero-order valence-corrected chi connectivity index (χ0v) is 12.3. The lowest BCUT2D eigenvalue weighted by atomic mass is 9.85. The first-order valence-electron chi connectivity index (χ1n) is 6.53. The SMILES string of the molecule is CSc1ccc(C2C=CCc3c2c(O)n(C)c3O)cc1. The average molecular weight is 287 g/mol. The molecule has 3 rings (SSSR count). The second-order valence-corrected chi connectivity index (χ2v) is 5.86. The maximum absolute atomic E-state index is 10.3. The van der Waals surface area contributed by atoms with Gasteiger partial charge in [0.15, 0.2) is 11.8 Å². The molecule has 1 atom stereocenters. The molecule has 104 valence electrons. The summed E-state index contributed by atoms with van der Waals surface area (Å²) in [6, 6.07) is 8.34. The van der Waals surface area contributed by atoms with Crippen molar-refractivity contribution in [2.75, 3.05) is 6.26 Å². The summed E-state index contributed by atoms with van der Waals surface area (Å²) >= 11 is 1.71. The first kappa shape index (κ1) is 13.2. The number of aromatic hydroxyl groups is 2. The Hall–Kier alpha value is -1.81. The molecule has 1 unspecified atom stereocenters. The van der Waals surface area contributed by atoms with E-state index in [1.165, 1.54) is 9.46 Å². The number of fused-ring (bicyclic) bond motifs is 1. The Kier molecular flexibility index (Phi) is 3.26. The molecule has 0 aliphatic heterocycles. The Balaban J connectivity index is 2.09. The van der Waals surface area contributed by atoms with Crippen LogP contribution in [0.5, 0.6) is 11.8 Å². The molecule has 0 fully saturated rings. The lowest BCUT2D eigenvalue weighted by molar-refractivity contribution is 0.384. The summed E-state index contributed by atoms with van der Waals surface area (Å²) in [5.74, 6) is 0.315. The quantitative estimate of drug-likeness (QED) is 0.657. The smallest absolute Gasteiger partial charge is 0.198 e. The highest BCUT2D eigenvalue weighted by Crippen LogP contribution is 2.44. The van der Waals surface area contributed by atoms with Gasteiger partial charge >= 0.3 is 0 Å². The molecule has 0 spiro atoms. The van der Waals surface area contributed by atoms with Crippen molar-refractivity contribution in [2.45, 2.75) is 17.2 Å². The van der Waals surface area contributed by atoms with Crippen molar-refractivity contribution in [1.29, 1.82) is 0 Å². The van der Waals surface area contributed by atoms with Gasteiger partial charge in [-0.25, -0.2) is 0 Å². The third-order valence-electron chi connectivity index (χ3n) is 3.91. The molecule has 1 aliphatic carbocycles. The first-order valence-corrected chi connectivity index (χ1v) is 7.76. The van der Waals surface area contributed by atoms with E-state index >= 15 is 0 Å². The number of hydrogen-bond acceptors (Lipinski definition) is 3. The van der Waals surface area contributed by atoms with Crippen molar-refractivity contribution in [3.05, 3.63) is 53.1 Å². The minimum atomic E-state index is 0.00163. The van der Waals surface area contributed by atoms with E-state index in [9.17, 15) is 10.2 Å². The standard InChI is InChI=1S/C16H17NO2S/c1-17-15(18)13-5-3-4-12(14(13)16(17)19)10-6-8-11(20-2)9-7-10/h3-4,6-9,12,18-19H,5H2,1-2H3. The molecule has 4 heteroatoms. The van der Waals surface area contributed by atoms with E-state index in [1.54, 1.807) is 18.8 Å². The van der Waals surface area contributed by atoms with Crippen LogP contribution in [-0.4, -0.2) is 21.0 Å². The fourth-order valence-corrected chi connectivity index (χ4v) is 3.18. The summed E-state index contributed by atoms with van der Waals surface area (Å²) in [5.41, 5.74) is 2.77. The summed E-state index contributed by atoms with van der Waals surface area (Å²) in [6.07, 6.45) is 6.86. The van der Waals surface area contributed by atoms with Gasteiger partial charge in [-0.2, -0.15) is 0 Å². The Bertz CT molecular complexity index is 671. The molecule has 0 amide bonds. The van der Waals surface area contributed by atoms with Crippen LogP contribution in [-0.2, 0) is 13.5 Å². The zero-order valence-electron chi connectivity index (χ0n) is 11.5. The van der Waals surface area contributed by atoms with E-state index in [0.29, 0.717) is 6.42 Å². The van der Waals surface area contributed by atoms with Crippen molar-refractivity contribution in [3.8, 4) is 11.8 Å². The molecular weight excluding hydrogens is 270 g/mol. The number of rotatable bonds is 2. The van der Waals surface area contributed by atoms with E-state index in [1.807, 2.05) is 0 Å². The van der Waals surface area contributed by atoms with Crippen LogP contribution in [0.15, 0.2) is 41.3 Å². The third-order valence-corrected chi connectivity index (χ3v) is 4.65. The molecule has 2 N–H and O–H groups in total. The summed E-state index contributed by atoms with van der Waals surface area (Å²) in [5, 5.41) is 20.3. The Labute approximate surface area is 122 Å². The first-order chi connectivity index (χ1) is 9.63. The maximum atomic E-state index is 10.3. The minimum Gasteiger partial charge on any atom is -0.494 e. The molecular formula is C16H17NO2S. The van der Waals surface area contributed by atoms with Gasteiger partial charge in [0.05, 0.1) is 0 Å². The zero-order chi connectivity index (χ0) is 14.3. The molecule has 2 aromatic rings. The normalized spacial score (nSPS) is 17.2. The number of aromatic nitrogens is 1. The highest BCUT2D eigenvalue weighted by atomic mass is 32.2. The molecule has 3 nitrogen and oxygen atoms in total. The Morgan fingerprint density at radius 3 is 2.50 bits per heavy atom. The summed E-state index contributed by atoms with van der Waals surface area (Å²) in [6.45, 7) is 0. The predicted molar refractivity (Wildman–Crippen MR) is 81.7 cm³/mol. The van der Waals surface area contributed by atoms with Crippen LogP contribution in [0.4, 0.5) is 0 Å². The topological polar surface area (TPSA) is 45.4 Å². The number of hydrogen-bond donors (Lipinski definition) is 2. The van der Waals surface area contributed by atoms with Crippen LogP contribution in [0.1, 0.15) is 22.6 Å². The van der Waals surface area contributed by atoms with Crippen LogP contribution in [0.2, 0.25) is 0 Å². The highest BCUT2D eigenvalue weighted by molar-refractivity contribution is 7.98. The lowest BCUT2D eigenvalue weighted by Crippen LogP contribution is -2.04. The van der Waals surface area contributed by atoms with Gasteiger partial charge < -0.3 is 10.2 Å². The molecule has 1 heterocycles. The van der Waals surface area contributed by atoms with Crippen LogP contribution in [0.25, 0.3) is 0 Å². The van der Waals surface area contributed by atoms with Gasteiger partial charge in [0, 0.05) is 29.0 Å². The number of allylic oxidation sites excluding steroid dienone is 2. The van der Waals surface area contributed by atoms with Crippen LogP contribution in [0.3, 0.4) is 0 Å². The van der Waals surface area contributed by atoms with Gasteiger partial charge in [0.1, 0.15) is 0 Å². The minimum absolute atomic E-state index is 0.00163. The Morgan fingerprint density at radius 1 is 1.15 bits per heavy atom. The van der Waals surface area contributed by atoms with Gasteiger partial charge in [0.25, 0.3) is 0 Å². The van der Waals surface area contributed by atoms with Crippen molar-refractivity contribution in [1.82, 2.24) is 4.57 Å². The molecule has 0 radical (unpaired) electrons. The van der Waals surface area contributed by atoms with Gasteiger partial charge in [-0.3, -0.25) is 4.57 Å². The maximum Gasteiger partial charge on any atom is 0.198 e. The second-order valence-electron chi connectivity index (χ2n) is 4.98. The number of benzene rings is 1. The summed E-state index contributed by atoms with van der Waals surface area (Å²) in [4.78, 5) is 1.22. The predicted octanol–water partition coefficient (Wildman–Crippen LogP) is 3.40. The fraction of sp³-hybridized carbons (Fsp3) is 0.250. The van der Waals surface area contributed by atoms with E-state index < -0.39 is 0 Å². The van der Waals surface area contributed by atoms with Gasteiger partial charge in [-0.1, -0.05) is 24.3 Å². The van der Waals surface area contributed by atoms with Crippen molar-refractivity contribution in [3.63, 3.8) is 0 Å². The third kappa shape index (κ3) is 1.91. The van der Waals surface area contributed by atoms with Crippen LogP contribution < -0.4 is 0 Å². The summed E-state index contributed by atoms with van der Waals surface area (Å²) < 4.78 is 1.45. The molecule has 0 saturated heterocycles. The summed E-state index contributed by atoms with van der Waals surface area (Å²) in [7, 11) is 1.68. The molecule has 1 aliphatic rings. The van der Waals surface area contributed by atoms with Crippen molar-refractivity contribution < 1.29 is 10.2 Å². The van der Waals surface area contributed by atoms with Crippen LogP contribution in [0, 0.1) is 0 Å². The second kappa shape index (κ2) is 4.94. The van der Waals surface area contributed by atoms with E-state index in [4.69, 9.17) is 0 Å². The largest absolute Gasteiger partial charge is 0.494 e. The van der Waals surface area contributed by atoms with Crippen molar-refractivity contribution >= 4 is 11.8 Å². The monoisotopic (exact) mass is 287 g/mol. The van der Waals surface area contributed by atoms with E-state index in [0.717, 1.165) is 16.7 Å². The van der Waals surface area contributed by atoms with Crippen molar-refractivity contribution in [2.24, 2.45) is 7.05 Å². The highest BCUT2D eigenvalue weighted by Gasteiger charge is 2.28. The lowest BCUT2D eigenvalue weighted by Gasteiger charge is -2.18. The number of thioether (sulfide) groups is 1. The molecule has 0 bridgehead atoms. The van der Waals surface area contributed by atoms with E-state index in [-0.39, 0.29) is 17.7 Å². The van der Waals surface area contributed by atoms with E-state index in [2.05, 4.69) is 42.7 Å².